The molecule has 9 heteroatoms. The molecule has 0 fully saturated rings. The van der Waals surface area contributed by atoms with Gasteiger partial charge in [0.15, 0.2) is 17.8 Å². The van der Waals surface area contributed by atoms with E-state index in [0.29, 0.717) is 41.5 Å². The van der Waals surface area contributed by atoms with Crippen LogP contribution in [0.5, 0.6) is 5.75 Å². The minimum absolute atomic E-state index is 0.0819. The number of carbonyl (C=O) groups is 2. The van der Waals surface area contributed by atoms with Gasteiger partial charge < -0.3 is 28.5 Å². The number of hydrogen-bond donors (Lipinski definition) is 1. The number of fused-ring (bicyclic) bond motifs is 6. The zero-order chi connectivity index (χ0) is 32.3. The van der Waals surface area contributed by atoms with E-state index in [-0.39, 0.29) is 36.2 Å². The Hall–Kier alpha value is -4.39. The molecule has 2 aromatic carbocycles. The summed E-state index contributed by atoms with van der Waals surface area (Å²) in [5.41, 5.74) is 2.54. The first kappa shape index (κ1) is 32.0. The summed E-state index contributed by atoms with van der Waals surface area (Å²) < 4.78 is 29.8. The molecule has 3 atom stereocenters. The van der Waals surface area contributed by atoms with Crippen LogP contribution in [-0.2, 0) is 49.7 Å². The first-order chi connectivity index (χ1) is 21.6. The molecule has 0 saturated heterocycles. The molecule has 0 spiro atoms. The zero-order valence-electron chi connectivity index (χ0n) is 26.3. The molecular weight excluding hydrogens is 576 g/mol. The second-order valence-corrected chi connectivity index (χ2v) is 11.9. The second kappa shape index (κ2) is 13.3. The number of hydrogen-bond acceptors (Lipinski definition) is 9. The van der Waals surface area contributed by atoms with Gasteiger partial charge in [0.05, 0.1) is 25.2 Å². The molecular formula is C36H38O9. The highest BCUT2D eigenvalue weighted by atomic mass is 16.6. The van der Waals surface area contributed by atoms with E-state index in [1.165, 1.54) is 14.0 Å². The third-order valence-electron chi connectivity index (χ3n) is 8.39. The van der Waals surface area contributed by atoms with E-state index in [1.54, 1.807) is 19.1 Å². The zero-order valence-corrected chi connectivity index (χ0v) is 26.3. The van der Waals surface area contributed by atoms with Gasteiger partial charge in [0.25, 0.3) is 0 Å². The third kappa shape index (κ3) is 6.53. The summed E-state index contributed by atoms with van der Waals surface area (Å²) in [6.07, 6.45) is -0.395. The Kier molecular flexibility index (Phi) is 9.47. The number of aryl methyl sites for hydroxylation is 1. The maximum absolute atomic E-state index is 13.9. The highest BCUT2D eigenvalue weighted by Gasteiger charge is 2.52. The average molecular weight is 615 g/mol. The van der Waals surface area contributed by atoms with Crippen molar-refractivity contribution in [3.63, 3.8) is 0 Å². The first-order valence-corrected chi connectivity index (χ1v) is 15.0. The summed E-state index contributed by atoms with van der Waals surface area (Å²) in [5.74, 6) is 5.51. The fourth-order valence-electron chi connectivity index (χ4n) is 6.08. The monoisotopic (exact) mass is 614 g/mol. The fourth-order valence-corrected chi connectivity index (χ4v) is 6.08. The molecule has 2 bridgehead atoms. The molecule has 1 N–H and O–H groups in total. The van der Waals surface area contributed by atoms with Crippen LogP contribution in [0, 0.1) is 11.8 Å². The van der Waals surface area contributed by atoms with Crippen molar-refractivity contribution in [1.82, 2.24) is 0 Å². The van der Waals surface area contributed by atoms with Gasteiger partial charge in [-0.2, -0.15) is 0 Å². The van der Waals surface area contributed by atoms with Gasteiger partial charge in [0.1, 0.15) is 11.3 Å². The maximum Gasteiger partial charge on any atom is 0.339 e. The van der Waals surface area contributed by atoms with Gasteiger partial charge in [-0.3, -0.25) is 4.79 Å². The summed E-state index contributed by atoms with van der Waals surface area (Å²) in [7, 11) is 1.52. The molecule has 1 aromatic heterocycles. The Morgan fingerprint density at radius 2 is 1.84 bits per heavy atom. The molecule has 45 heavy (non-hydrogen) atoms. The van der Waals surface area contributed by atoms with Crippen molar-refractivity contribution in [2.75, 3.05) is 13.7 Å². The summed E-state index contributed by atoms with van der Waals surface area (Å²) in [4.78, 5) is 39.8. The predicted molar refractivity (Wildman–Crippen MR) is 167 cm³/mol. The molecule has 0 unspecified atom stereocenters. The lowest BCUT2D eigenvalue weighted by Gasteiger charge is -2.44. The molecule has 236 valence electrons. The molecule has 9 nitrogen and oxygen atoms in total. The van der Waals surface area contributed by atoms with Crippen LogP contribution < -0.4 is 10.4 Å². The Labute approximate surface area is 262 Å². The van der Waals surface area contributed by atoms with Crippen LogP contribution in [0.1, 0.15) is 74.5 Å². The largest absolute Gasteiger partial charge is 0.482 e. The Morgan fingerprint density at radius 3 is 2.56 bits per heavy atom. The van der Waals surface area contributed by atoms with Crippen LogP contribution in [0.3, 0.4) is 0 Å². The number of methoxy groups -OCH3 is 1. The van der Waals surface area contributed by atoms with Crippen molar-refractivity contribution >= 4 is 22.9 Å². The standard InChI is InChI=1S/C36H38O9/c1-21(2)25-13-12-24-11-8-10-23(19-24)9-6-7-17-36(4)33(44-34(25)39)32(42-22(3)38)30-29(45-36)15-14-26-28(20-37)27(16-18-41-5)35(40)43-31(26)30/h8,10-11,14-15,19,32-33,37H,9,12-13,16-18,20H2,1-5H3/t32-,33+,36-/m1/s1. The summed E-state index contributed by atoms with van der Waals surface area (Å²) in [6, 6.07) is 11.5. The molecule has 0 aliphatic carbocycles. The van der Waals surface area contributed by atoms with Gasteiger partial charge in [-0.25, -0.2) is 9.59 Å². The minimum Gasteiger partial charge on any atom is -0.482 e. The number of esters is 2. The lowest BCUT2D eigenvalue weighted by atomic mass is 9.83. The van der Waals surface area contributed by atoms with E-state index in [0.717, 1.165) is 16.7 Å². The highest BCUT2D eigenvalue weighted by Crippen LogP contribution is 2.48. The van der Waals surface area contributed by atoms with Crippen LogP contribution in [0.25, 0.3) is 11.0 Å². The van der Waals surface area contributed by atoms with E-state index in [4.69, 9.17) is 23.4 Å². The van der Waals surface area contributed by atoms with E-state index in [2.05, 4.69) is 17.9 Å². The molecule has 0 saturated carbocycles. The van der Waals surface area contributed by atoms with Crippen molar-refractivity contribution < 1.29 is 38.1 Å². The van der Waals surface area contributed by atoms with Gasteiger partial charge in [0, 0.05) is 43.4 Å². The van der Waals surface area contributed by atoms with Crippen molar-refractivity contribution in [2.45, 2.75) is 84.2 Å². The summed E-state index contributed by atoms with van der Waals surface area (Å²) in [5, 5.41) is 10.8. The number of allylic oxidation sites excluding steroid dienone is 1. The van der Waals surface area contributed by atoms with Crippen LogP contribution in [0.4, 0.5) is 0 Å². The van der Waals surface area contributed by atoms with Gasteiger partial charge in [-0.1, -0.05) is 41.7 Å². The molecule has 2 aliphatic heterocycles. The first-order valence-electron chi connectivity index (χ1n) is 15.0. The number of rotatable bonds is 5. The smallest absolute Gasteiger partial charge is 0.339 e. The van der Waals surface area contributed by atoms with Crippen LogP contribution in [-0.4, -0.2) is 42.5 Å². The summed E-state index contributed by atoms with van der Waals surface area (Å²) in [6.45, 7) is 6.56. The molecule has 5 rings (SSSR count). The van der Waals surface area contributed by atoms with Crippen molar-refractivity contribution in [1.29, 1.82) is 0 Å². The van der Waals surface area contributed by atoms with E-state index >= 15 is 0 Å². The molecule has 3 heterocycles. The summed E-state index contributed by atoms with van der Waals surface area (Å²) >= 11 is 0. The fraction of sp³-hybridized carbons (Fsp3) is 0.417. The molecule has 2 aliphatic rings. The maximum atomic E-state index is 13.9. The molecule has 0 amide bonds. The van der Waals surface area contributed by atoms with Gasteiger partial charge in [-0.05, 0) is 62.4 Å². The third-order valence-corrected chi connectivity index (χ3v) is 8.39. The average Bonchev–Trinajstić information content (AvgIpc) is 2.99. The Morgan fingerprint density at radius 1 is 1.07 bits per heavy atom. The Bertz CT molecular complexity index is 1780. The second-order valence-electron chi connectivity index (χ2n) is 11.9. The SMILES string of the molecule is COCCc1c(CO)c2ccc3c(c2oc1=O)[C@@H](OC(C)=O)[C@@H]1OC(=O)C(=C(C)C)CCc2cccc(c2)CC#CC[C@@]1(C)O3. The quantitative estimate of drug-likeness (QED) is 0.182. The van der Waals surface area contributed by atoms with Gasteiger partial charge in [-0.15, -0.1) is 0 Å². The number of ether oxygens (including phenoxy) is 4. The van der Waals surface area contributed by atoms with Crippen LogP contribution in [0.15, 0.2) is 56.8 Å². The number of aliphatic hydroxyl groups is 1. The number of benzene rings is 2. The van der Waals surface area contributed by atoms with E-state index < -0.39 is 42.0 Å². The normalized spacial score (nSPS) is 21.3. The van der Waals surface area contributed by atoms with Gasteiger partial charge >= 0.3 is 17.6 Å². The topological polar surface area (TPSA) is 122 Å². The van der Waals surface area contributed by atoms with Crippen LogP contribution in [0.2, 0.25) is 0 Å². The van der Waals surface area contributed by atoms with E-state index in [9.17, 15) is 19.5 Å². The van der Waals surface area contributed by atoms with Crippen molar-refractivity contribution in [2.24, 2.45) is 0 Å². The molecule has 3 aromatic rings. The van der Waals surface area contributed by atoms with Crippen molar-refractivity contribution in [3.05, 3.63) is 85.8 Å². The number of carbonyl (C=O) groups excluding carboxylic acids is 2. The van der Waals surface area contributed by atoms with Crippen LogP contribution >= 0.6 is 0 Å². The van der Waals surface area contributed by atoms with Gasteiger partial charge in [0.2, 0.25) is 0 Å². The minimum atomic E-state index is -1.25. The Balaban J connectivity index is 1.71. The number of aliphatic hydroxyl groups excluding tert-OH is 1. The lowest BCUT2D eigenvalue weighted by molar-refractivity contribution is -0.188. The highest BCUT2D eigenvalue weighted by molar-refractivity contribution is 5.90. The van der Waals surface area contributed by atoms with E-state index in [1.807, 2.05) is 32.0 Å². The molecule has 0 radical (unpaired) electrons. The lowest BCUT2D eigenvalue weighted by Crippen LogP contribution is -2.54. The van der Waals surface area contributed by atoms with Crippen molar-refractivity contribution in [3.8, 4) is 17.6 Å². The predicted octanol–water partition coefficient (Wildman–Crippen LogP) is 5.06.